The monoisotopic (exact) mass is 611 g/mol. The molecule has 0 aromatic rings. The van der Waals surface area contributed by atoms with Gasteiger partial charge in [-0.2, -0.15) is 0 Å². The zero-order chi connectivity index (χ0) is 31.8. The molecule has 0 aromatic heterocycles. The normalized spacial score (nSPS) is 11.8. The molecule has 0 aliphatic rings. The second-order valence-corrected chi connectivity index (χ2v) is 12.2. The van der Waals surface area contributed by atoms with Gasteiger partial charge >= 0.3 is 0 Å². The fraction of sp³-hybridized carbons (Fsp3) is 0.912. The van der Waals surface area contributed by atoms with Gasteiger partial charge in [-0.3, -0.25) is 14.4 Å². The first-order valence-corrected chi connectivity index (χ1v) is 17.9. The van der Waals surface area contributed by atoms with Crippen LogP contribution in [0, 0.1) is 0 Å². The number of nitrogens with one attached hydrogen (secondary N) is 2. The minimum atomic E-state index is -0.515. The Bertz CT molecular complexity index is 664. The number of amides is 3. The van der Waals surface area contributed by atoms with Gasteiger partial charge in [0.15, 0.2) is 0 Å². The third-order valence-corrected chi connectivity index (χ3v) is 8.09. The molecule has 0 saturated carbocycles. The van der Waals surface area contributed by atoms with Gasteiger partial charge in [-0.25, -0.2) is 0 Å². The lowest BCUT2D eigenvalue weighted by Gasteiger charge is -2.23. The smallest absolute Gasteiger partial charge is 0.236 e. The molecule has 0 saturated heterocycles. The Morgan fingerprint density at radius 2 is 1.05 bits per heavy atom. The summed E-state index contributed by atoms with van der Waals surface area (Å²) in [5.41, 5.74) is 17.0. The van der Waals surface area contributed by atoms with Crippen LogP contribution in [0.5, 0.6) is 0 Å². The van der Waals surface area contributed by atoms with Crippen LogP contribution in [0.15, 0.2) is 0 Å². The predicted molar refractivity (Wildman–Crippen MR) is 181 cm³/mol. The van der Waals surface area contributed by atoms with Gasteiger partial charge in [0, 0.05) is 39.0 Å². The summed E-state index contributed by atoms with van der Waals surface area (Å²) in [5, 5.41) is 5.89. The molecule has 254 valence electrons. The SMILES string of the molecule is CCCCCCCCCCCCCCCC(=O)N(CCCNC(=O)CCCCCN)CCCNC(=O)[C@@H](N)CCCCN. The Kier molecular flexibility index (Phi) is 30.4. The molecule has 0 spiro atoms. The van der Waals surface area contributed by atoms with Crippen molar-refractivity contribution < 1.29 is 14.4 Å². The second-order valence-electron chi connectivity index (χ2n) is 12.2. The van der Waals surface area contributed by atoms with Crippen molar-refractivity contribution in [3.05, 3.63) is 0 Å². The Morgan fingerprint density at radius 3 is 1.60 bits per heavy atom. The highest BCUT2D eigenvalue weighted by molar-refractivity contribution is 5.81. The molecule has 0 aliphatic carbocycles. The highest BCUT2D eigenvalue weighted by Gasteiger charge is 2.15. The third kappa shape index (κ3) is 27.6. The standard InChI is InChI=1S/C34H70N6O3/c1-2-3-4-5-6-7-8-9-10-11-12-13-16-24-33(42)40(29-20-27-38-32(41)23-15-14-18-25-35)30-21-28-39-34(43)31(37)22-17-19-26-36/h31H,2-30,35-37H2,1H3,(H,38,41)(H,39,43)/t31-/m0/s1. The zero-order valence-corrected chi connectivity index (χ0v) is 28.0. The summed E-state index contributed by atoms with van der Waals surface area (Å²) >= 11 is 0. The highest BCUT2D eigenvalue weighted by atomic mass is 16.2. The number of nitrogens with zero attached hydrogens (tertiary/aromatic N) is 1. The minimum Gasteiger partial charge on any atom is -0.356 e. The number of carbonyl (C=O) groups is 3. The Hall–Kier alpha value is -1.71. The van der Waals surface area contributed by atoms with E-state index in [4.69, 9.17) is 17.2 Å². The first-order chi connectivity index (χ1) is 21.0. The summed E-state index contributed by atoms with van der Waals surface area (Å²) < 4.78 is 0. The molecular formula is C34H70N6O3. The second kappa shape index (κ2) is 31.7. The molecule has 9 heteroatoms. The third-order valence-electron chi connectivity index (χ3n) is 8.09. The summed E-state index contributed by atoms with van der Waals surface area (Å²) in [5.74, 6) is 0.0874. The van der Waals surface area contributed by atoms with Crippen molar-refractivity contribution in [3.63, 3.8) is 0 Å². The number of unbranched alkanes of at least 4 members (excludes halogenated alkanes) is 15. The lowest BCUT2D eigenvalue weighted by atomic mass is 10.0. The summed E-state index contributed by atoms with van der Waals surface area (Å²) in [7, 11) is 0. The number of nitrogens with two attached hydrogens (primary N) is 3. The first kappa shape index (κ1) is 41.3. The molecule has 0 bridgehead atoms. The van der Waals surface area contributed by atoms with Crippen molar-refractivity contribution in [2.24, 2.45) is 17.2 Å². The lowest BCUT2D eigenvalue weighted by molar-refractivity contribution is -0.131. The Morgan fingerprint density at radius 1 is 0.581 bits per heavy atom. The first-order valence-electron chi connectivity index (χ1n) is 17.9. The van der Waals surface area contributed by atoms with Crippen molar-refractivity contribution >= 4 is 17.7 Å². The van der Waals surface area contributed by atoms with E-state index in [0.717, 1.165) is 51.4 Å². The van der Waals surface area contributed by atoms with Crippen LogP contribution in [0.25, 0.3) is 0 Å². The van der Waals surface area contributed by atoms with Gasteiger partial charge in [-0.15, -0.1) is 0 Å². The van der Waals surface area contributed by atoms with E-state index >= 15 is 0 Å². The van der Waals surface area contributed by atoms with Gasteiger partial charge in [0.05, 0.1) is 6.04 Å². The predicted octanol–water partition coefficient (Wildman–Crippen LogP) is 5.28. The molecule has 0 rings (SSSR count). The van der Waals surface area contributed by atoms with Crippen LogP contribution >= 0.6 is 0 Å². The van der Waals surface area contributed by atoms with E-state index < -0.39 is 6.04 Å². The summed E-state index contributed by atoms with van der Waals surface area (Å²) in [4.78, 5) is 39.3. The highest BCUT2D eigenvalue weighted by Crippen LogP contribution is 2.13. The van der Waals surface area contributed by atoms with E-state index in [-0.39, 0.29) is 17.7 Å². The number of hydrogen-bond donors (Lipinski definition) is 5. The maximum atomic E-state index is 13.1. The van der Waals surface area contributed by atoms with Crippen LogP contribution in [0.3, 0.4) is 0 Å². The molecule has 0 fully saturated rings. The van der Waals surface area contributed by atoms with E-state index in [0.29, 0.717) is 65.0 Å². The van der Waals surface area contributed by atoms with Gasteiger partial charge in [-0.05, 0) is 58.0 Å². The van der Waals surface area contributed by atoms with E-state index in [1.807, 2.05) is 4.90 Å². The summed E-state index contributed by atoms with van der Waals surface area (Å²) in [6, 6.07) is -0.515. The molecule has 8 N–H and O–H groups in total. The van der Waals surface area contributed by atoms with Crippen molar-refractivity contribution in [3.8, 4) is 0 Å². The molecule has 0 aromatic carbocycles. The number of carbonyl (C=O) groups excluding carboxylic acids is 3. The van der Waals surface area contributed by atoms with Crippen LogP contribution < -0.4 is 27.8 Å². The molecule has 0 unspecified atom stereocenters. The van der Waals surface area contributed by atoms with E-state index in [2.05, 4.69) is 17.6 Å². The molecular weight excluding hydrogens is 540 g/mol. The average Bonchev–Trinajstić information content (AvgIpc) is 3.00. The van der Waals surface area contributed by atoms with E-state index in [1.165, 1.54) is 70.6 Å². The Labute approximate surface area is 264 Å². The van der Waals surface area contributed by atoms with E-state index in [1.54, 1.807) is 0 Å². The van der Waals surface area contributed by atoms with Gasteiger partial charge in [0.1, 0.15) is 0 Å². The van der Waals surface area contributed by atoms with Crippen LogP contribution in [0.1, 0.15) is 155 Å². The summed E-state index contributed by atoms with van der Waals surface area (Å²) in [6.07, 6.45) is 24.3. The van der Waals surface area contributed by atoms with Crippen molar-refractivity contribution in [1.82, 2.24) is 15.5 Å². The molecule has 0 radical (unpaired) electrons. The van der Waals surface area contributed by atoms with Crippen molar-refractivity contribution in [2.75, 3.05) is 39.3 Å². The fourth-order valence-electron chi connectivity index (χ4n) is 5.26. The van der Waals surface area contributed by atoms with E-state index in [9.17, 15) is 14.4 Å². The quantitative estimate of drug-likeness (QED) is 0.0652. The van der Waals surface area contributed by atoms with Gasteiger partial charge in [-0.1, -0.05) is 96.8 Å². The molecule has 9 nitrogen and oxygen atoms in total. The molecule has 1 atom stereocenters. The maximum Gasteiger partial charge on any atom is 0.236 e. The van der Waals surface area contributed by atoms with Gasteiger partial charge in [0.2, 0.25) is 17.7 Å². The molecule has 0 aliphatic heterocycles. The largest absolute Gasteiger partial charge is 0.356 e. The summed E-state index contributed by atoms with van der Waals surface area (Å²) in [6.45, 7) is 5.78. The minimum absolute atomic E-state index is 0.0624. The molecule has 43 heavy (non-hydrogen) atoms. The van der Waals surface area contributed by atoms with Crippen LogP contribution in [0.2, 0.25) is 0 Å². The lowest BCUT2D eigenvalue weighted by Crippen LogP contribution is -2.42. The van der Waals surface area contributed by atoms with Crippen molar-refractivity contribution in [2.45, 2.75) is 161 Å². The van der Waals surface area contributed by atoms with Crippen LogP contribution in [-0.2, 0) is 14.4 Å². The number of hydrogen-bond acceptors (Lipinski definition) is 6. The fourth-order valence-corrected chi connectivity index (χ4v) is 5.26. The average molecular weight is 611 g/mol. The van der Waals surface area contributed by atoms with Crippen LogP contribution in [0.4, 0.5) is 0 Å². The van der Waals surface area contributed by atoms with Gasteiger partial charge < -0.3 is 32.7 Å². The van der Waals surface area contributed by atoms with Crippen molar-refractivity contribution in [1.29, 1.82) is 0 Å². The topological polar surface area (TPSA) is 157 Å². The number of rotatable bonds is 32. The Balaban J connectivity index is 4.32. The molecule has 3 amide bonds. The maximum absolute atomic E-state index is 13.1. The zero-order valence-electron chi connectivity index (χ0n) is 28.0. The van der Waals surface area contributed by atoms with Gasteiger partial charge in [0.25, 0.3) is 0 Å². The van der Waals surface area contributed by atoms with Crippen LogP contribution in [-0.4, -0.2) is 67.9 Å². The molecule has 0 heterocycles.